The van der Waals surface area contributed by atoms with Gasteiger partial charge in [0.25, 0.3) is 0 Å². The minimum absolute atomic E-state index is 0.447. The van der Waals surface area contributed by atoms with Gasteiger partial charge in [0.1, 0.15) is 0 Å². The molecule has 0 N–H and O–H groups in total. The van der Waals surface area contributed by atoms with Crippen molar-refractivity contribution in [2.24, 2.45) is 0 Å². The molecule has 7 aromatic rings. The van der Waals surface area contributed by atoms with E-state index in [4.69, 9.17) is 0 Å². The first-order chi connectivity index (χ1) is 19.3. The molecule has 0 amide bonds. The Hall–Kier alpha value is -3.98. The minimum atomic E-state index is -0.447. The van der Waals surface area contributed by atoms with Crippen molar-refractivity contribution in [2.75, 3.05) is 0 Å². The third kappa shape index (κ3) is 2.68. The van der Waals surface area contributed by atoms with Crippen LogP contribution in [0.1, 0.15) is 22.3 Å². The van der Waals surface area contributed by atoms with Crippen LogP contribution < -0.4 is 0 Å². The van der Waals surface area contributed by atoms with E-state index in [0.717, 1.165) is 4.47 Å². The molecule has 1 atom stereocenters. The fraction of sp³-hybridized carbons (Fsp3) is 0.0270. The Labute approximate surface area is 239 Å². The topological polar surface area (TPSA) is 0 Å². The van der Waals surface area contributed by atoms with Gasteiger partial charge in [0.15, 0.2) is 0 Å². The number of hydrogen-bond donors (Lipinski definition) is 0. The predicted octanol–water partition coefficient (Wildman–Crippen LogP) is 10.8. The van der Waals surface area contributed by atoms with Crippen LogP contribution in [0.5, 0.6) is 0 Å². The fourth-order valence-electron chi connectivity index (χ4n) is 7.37. The fourth-order valence-corrected chi connectivity index (χ4v) is 8.84. The van der Waals surface area contributed by atoms with E-state index in [1.807, 2.05) is 11.3 Å². The minimum Gasteiger partial charge on any atom is -0.135 e. The lowest BCUT2D eigenvalue weighted by atomic mass is 9.66. The number of rotatable bonds is 0. The van der Waals surface area contributed by atoms with Crippen molar-refractivity contribution in [1.29, 1.82) is 0 Å². The smallest absolute Gasteiger partial charge is 0.0726 e. The summed E-state index contributed by atoms with van der Waals surface area (Å²) in [5.41, 5.74) is 12.9. The maximum Gasteiger partial charge on any atom is 0.0726 e. The number of benzene rings is 6. The molecule has 1 spiro atoms. The first-order valence-corrected chi connectivity index (χ1v) is 14.9. The largest absolute Gasteiger partial charge is 0.135 e. The van der Waals surface area contributed by atoms with E-state index in [-0.39, 0.29) is 0 Å². The molecule has 0 saturated carbocycles. The van der Waals surface area contributed by atoms with Gasteiger partial charge in [-0.15, -0.1) is 11.3 Å². The third-order valence-electron chi connectivity index (χ3n) is 8.77. The molecule has 0 saturated heterocycles. The van der Waals surface area contributed by atoms with Crippen LogP contribution in [0.2, 0.25) is 0 Å². The standard InChI is InChI=1S/C37H21BrS/c38-22-17-18-26-24-10-2-1-9-23(24)25-11-3-6-14-29(25)37(32(26)21-22)30-15-7-4-12-27(30)35-31(37)19-20-34-36(35)28-13-5-8-16-33(28)39-34/h1-21H. The Morgan fingerprint density at radius 3 is 1.87 bits per heavy atom. The molecule has 2 heteroatoms. The highest BCUT2D eigenvalue weighted by Crippen LogP contribution is 2.63. The number of fused-ring (bicyclic) bond motifs is 16. The average Bonchev–Trinajstić information content (AvgIpc) is 3.48. The molecule has 2 aliphatic carbocycles. The molecule has 39 heavy (non-hydrogen) atoms. The number of hydrogen-bond acceptors (Lipinski definition) is 1. The van der Waals surface area contributed by atoms with E-state index in [1.54, 1.807) is 0 Å². The molecule has 2 aliphatic rings. The average molecular weight is 578 g/mol. The molecule has 0 aliphatic heterocycles. The van der Waals surface area contributed by atoms with Gasteiger partial charge in [-0.2, -0.15) is 0 Å². The van der Waals surface area contributed by atoms with Gasteiger partial charge in [-0.3, -0.25) is 0 Å². The van der Waals surface area contributed by atoms with Crippen molar-refractivity contribution in [2.45, 2.75) is 5.41 Å². The zero-order chi connectivity index (χ0) is 25.7. The van der Waals surface area contributed by atoms with Crippen molar-refractivity contribution in [1.82, 2.24) is 0 Å². The first-order valence-electron chi connectivity index (χ1n) is 13.3. The Balaban J connectivity index is 1.57. The molecule has 0 bridgehead atoms. The summed E-state index contributed by atoms with van der Waals surface area (Å²) in [6.45, 7) is 0. The van der Waals surface area contributed by atoms with Crippen molar-refractivity contribution in [3.05, 3.63) is 154 Å². The molecule has 0 radical (unpaired) electrons. The van der Waals surface area contributed by atoms with Gasteiger partial charge in [0.2, 0.25) is 0 Å². The summed E-state index contributed by atoms with van der Waals surface area (Å²) in [6.07, 6.45) is 0. The van der Waals surface area contributed by atoms with Crippen LogP contribution in [-0.4, -0.2) is 0 Å². The van der Waals surface area contributed by atoms with Crippen LogP contribution in [0.4, 0.5) is 0 Å². The van der Waals surface area contributed by atoms with Crippen molar-refractivity contribution in [3.63, 3.8) is 0 Å². The Bertz CT molecular complexity index is 2150. The van der Waals surface area contributed by atoms with Gasteiger partial charge in [-0.25, -0.2) is 0 Å². The Kier molecular flexibility index (Phi) is 4.37. The van der Waals surface area contributed by atoms with Gasteiger partial charge in [-0.05, 0) is 79.9 Å². The lowest BCUT2D eigenvalue weighted by molar-refractivity contribution is 0.775. The summed E-state index contributed by atoms with van der Waals surface area (Å²) in [7, 11) is 0. The summed E-state index contributed by atoms with van der Waals surface area (Å²) >= 11 is 5.77. The molecule has 1 unspecified atom stereocenters. The van der Waals surface area contributed by atoms with Crippen molar-refractivity contribution in [3.8, 4) is 33.4 Å². The van der Waals surface area contributed by atoms with E-state index in [9.17, 15) is 0 Å². The highest BCUT2D eigenvalue weighted by atomic mass is 79.9. The van der Waals surface area contributed by atoms with Gasteiger partial charge in [-0.1, -0.05) is 119 Å². The quantitative estimate of drug-likeness (QED) is 0.168. The summed E-state index contributed by atoms with van der Waals surface area (Å²) in [5.74, 6) is 0. The molecular formula is C37H21BrS. The number of halogens is 1. The van der Waals surface area contributed by atoms with E-state index in [0.29, 0.717) is 0 Å². The van der Waals surface area contributed by atoms with E-state index in [1.165, 1.54) is 75.8 Å². The second-order valence-corrected chi connectivity index (χ2v) is 12.5. The molecule has 6 aromatic carbocycles. The Morgan fingerprint density at radius 2 is 1.08 bits per heavy atom. The molecule has 9 rings (SSSR count). The second kappa shape index (κ2) is 7.79. The normalized spacial score (nSPS) is 16.4. The number of thiophene rings is 1. The van der Waals surface area contributed by atoms with E-state index >= 15 is 0 Å². The maximum atomic E-state index is 3.87. The van der Waals surface area contributed by atoms with Crippen LogP contribution >= 0.6 is 27.3 Å². The lowest BCUT2D eigenvalue weighted by Gasteiger charge is -2.35. The van der Waals surface area contributed by atoms with Crippen LogP contribution in [0.3, 0.4) is 0 Å². The van der Waals surface area contributed by atoms with Crippen LogP contribution in [0, 0.1) is 0 Å². The highest BCUT2D eigenvalue weighted by molar-refractivity contribution is 9.10. The molecule has 0 fully saturated rings. The Morgan fingerprint density at radius 1 is 0.462 bits per heavy atom. The lowest BCUT2D eigenvalue weighted by Crippen LogP contribution is -2.29. The summed E-state index contributed by atoms with van der Waals surface area (Å²) in [5, 5.41) is 2.73. The third-order valence-corrected chi connectivity index (χ3v) is 10.4. The summed E-state index contributed by atoms with van der Waals surface area (Å²) in [6, 6.07) is 47.7. The van der Waals surface area contributed by atoms with Crippen LogP contribution in [-0.2, 0) is 5.41 Å². The van der Waals surface area contributed by atoms with Crippen molar-refractivity contribution >= 4 is 47.4 Å². The van der Waals surface area contributed by atoms with E-state index in [2.05, 4.69) is 143 Å². The molecule has 0 nitrogen and oxygen atoms in total. The maximum absolute atomic E-state index is 3.87. The summed E-state index contributed by atoms with van der Waals surface area (Å²) in [4.78, 5) is 0. The molecule has 1 aromatic heterocycles. The van der Waals surface area contributed by atoms with Gasteiger partial charge in [0.05, 0.1) is 5.41 Å². The SMILES string of the molecule is Brc1ccc2c(c1)C1(c3ccccc3-c3ccccc3-2)c2ccccc2-c2c1ccc1sc3ccccc3c21. The van der Waals surface area contributed by atoms with Crippen LogP contribution in [0.25, 0.3) is 53.6 Å². The first kappa shape index (κ1) is 21.9. The van der Waals surface area contributed by atoms with E-state index < -0.39 is 5.41 Å². The summed E-state index contributed by atoms with van der Waals surface area (Å²) < 4.78 is 3.79. The molecular weight excluding hydrogens is 556 g/mol. The second-order valence-electron chi connectivity index (χ2n) is 10.5. The van der Waals surface area contributed by atoms with Gasteiger partial charge in [0, 0.05) is 24.6 Å². The molecule has 182 valence electrons. The van der Waals surface area contributed by atoms with Crippen LogP contribution in [0.15, 0.2) is 132 Å². The highest BCUT2D eigenvalue weighted by Gasteiger charge is 2.50. The van der Waals surface area contributed by atoms with Gasteiger partial charge < -0.3 is 0 Å². The monoisotopic (exact) mass is 576 g/mol. The zero-order valence-corrected chi connectivity index (χ0v) is 23.3. The predicted molar refractivity (Wildman–Crippen MR) is 169 cm³/mol. The molecule has 1 heterocycles. The van der Waals surface area contributed by atoms with Crippen molar-refractivity contribution < 1.29 is 0 Å². The van der Waals surface area contributed by atoms with Gasteiger partial charge >= 0.3 is 0 Å². The zero-order valence-electron chi connectivity index (χ0n) is 20.9.